The van der Waals surface area contributed by atoms with Crippen LogP contribution in [0.5, 0.6) is 5.75 Å². The summed E-state index contributed by atoms with van der Waals surface area (Å²) in [6, 6.07) is 13.2. The first-order valence-corrected chi connectivity index (χ1v) is 9.80. The predicted molar refractivity (Wildman–Crippen MR) is 112 cm³/mol. The van der Waals surface area contributed by atoms with E-state index in [0.29, 0.717) is 24.0 Å². The highest BCUT2D eigenvalue weighted by Gasteiger charge is 2.37. The van der Waals surface area contributed by atoms with Gasteiger partial charge in [0.1, 0.15) is 17.1 Å². The molecule has 158 valence electrons. The van der Waals surface area contributed by atoms with E-state index in [1.165, 1.54) is 6.07 Å². The molecule has 1 aliphatic heterocycles. The van der Waals surface area contributed by atoms with Crippen molar-refractivity contribution in [2.75, 3.05) is 6.79 Å². The lowest BCUT2D eigenvalue weighted by molar-refractivity contribution is -0.119. The van der Waals surface area contributed by atoms with Crippen molar-refractivity contribution in [1.29, 1.82) is 0 Å². The summed E-state index contributed by atoms with van der Waals surface area (Å²) in [5.41, 5.74) is 1.12. The number of terminal acetylenes is 1. The van der Waals surface area contributed by atoms with Crippen LogP contribution in [0.25, 0.3) is 0 Å². The molecule has 1 heterocycles. The second-order valence-corrected chi connectivity index (χ2v) is 7.06. The maximum atomic E-state index is 12.5. The Bertz CT molecular complexity index is 997. The summed E-state index contributed by atoms with van der Waals surface area (Å²) in [6.45, 7) is -0.564. The zero-order valence-corrected chi connectivity index (χ0v) is 16.8. The fourth-order valence-corrected chi connectivity index (χ4v) is 3.30. The van der Waals surface area contributed by atoms with Gasteiger partial charge in [0.25, 0.3) is 0 Å². The molecule has 0 saturated carbocycles. The molecule has 2 aromatic rings. The van der Waals surface area contributed by atoms with E-state index in [2.05, 4.69) is 5.92 Å². The fourth-order valence-electron chi connectivity index (χ4n) is 3.30. The summed E-state index contributed by atoms with van der Waals surface area (Å²) in [4.78, 5) is 36.4. The summed E-state index contributed by atoms with van der Waals surface area (Å²) in [5, 5.41) is 10.3. The van der Waals surface area contributed by atoms with Crippen LogP contribution in [0.1, 0.15) is 45.5 Å². The molecule has 3 rings (SSSR count). The van der Waals surface area contributed by atoms with E-state index in [1.54, 1.807) is 42.5 Å². The molecule has 1 N–H and O–H groups in total. The number of hydrogen-bond donors (Lipinski definition) is 1. The topological polar surface area (TPSA) is 99.1 Å². The maximum Gasteiger partial charge on any atom is 0.526 e. The highest BCUT2D eigenvalue weighted by molar-refractivity contribution is 6.47. The standard InChI is InChI=1S/C23H21BO7/c1-2-3-11-19(25)14-18-13-17-10-7-12-20(21(17)31-24(18)28)23(27)30-15-29-22(26)16-8-5-4-6-9-16/h1,4-10,12,18,28H,3,11,13-15H2/t18-/m1/s1. The molecule has 0 fully saturated rings. The van der Waals surface area contributed by atoms with Crippen LogP contribution in [0.3, 0.4) is 0 Å². The van der Waals surface area contributed by atoms with Gasteiger partial charge in [-0.25, -0.2) is 9.59 Å². The average Bonchev–Trinajstić information content (AvgIpc) is 2.78. The number of carbonyl (C=O) groups is 3. The number of Topliss-reactive ketones (excluding diaryl/α,β-unsaturated/α-hetero) is 1. The van der Waals surface area contributed by atoms with Crippen molar-refractivity contribution in [3.05, 3.63) is 65.2 Å². The van der Waals surface area contributed by atoms with Crippen LogP contribution in [0, 0.1) is 12.3 Å². The minimum atomic E-state index is -1.24. The number of benzene rings is 2. The molecular weight excluding hydrogens is 399 g/mol. The second-order valence-electron chi connectivity index (χ2n) is 7.06. The van der Waals surface area contributed by atoms with Crippen LogP contribution in [0.15, 0.2) is 48.5 Å². The number of ketones is 1. The van der Waals surface area contributed by atoms with Crippen molar-refractivity contribution in [2.45, 2.75) is 31.5 Å². The van der Waals surface area contributed by atoms with E-state index >= 15 is 0 Å². The normalized spacial score (nSPS) is 14.6. The van der Waals surface area contributed by atoms with Crippen LogP contribution < -0.4 is 4.65 Å². The van der Waals surface area contributed by atoms with Crippen LogP contribution in [-0.4, -0.2) is 36.7 Å². The molecule has 8 heteroatoms. The van der Waals surface area contributed by atoms with E-state index in [1.807, 2.05) is 0 Å². The second kappa shape index (κ2) is 10.5. The van der Waals surface area contributed by atoms with Gasteiger partial charge < -0.3 is 19.2 Å². The summed E-state index contributed by atoms with van der Waals surface area (Å²) >= 11 is 0. The number of rotatable bonds is 8. The van der Waals surface area contributed by atoms with E-state index in [9.17, 15) is 19.4 Å². The van der Waals surface area contributed by atoms with E-state index in [-0.39, 0.29) is 29.9 Å². The van der Waals surface area contributed by atoms with Gasteiger partial charge in [-0.05, 0) is 30.2 Å². The molecule has 2 aromatic carbocycles. The minimum absolute atomic E-state index is 0.0511. The first-order chi connectivity index (χ1) is 15.0. The lowest BCUT2D eigenvalue weighted by Crippen LogP contribution is -2.36. The van der Waals surface area contributed by atoms with Gasteiger partial charge in [0.2, 0.25) is 6.79 Å². The van der Waals surface area contributed by atoms with Gasteiger partial charge in [0.05, 0.1) is 5.56 Å². The number of ether oxygens (including phenoxy) is 2. The van der Waals surface area contributed by atoms with E-state index in [4.69, 9.17) is 20.6 Å². The SMILES string of the molecule is C#CCCC(=O)C[C@H]1Cc2cccc(C(=O)OCOC(=O)c3ccccc3)c2OB1O. The van der Waals surface area contributed by atoms with E-state index < -0.39 is 31.7 Å². The third-order valence-electron chi connectivity index (χ3n) is 4.87. The van der Waals surface area contributed by atoms with Gasteiger partial charge in [-0.2, -0.15) is 0 Å². The smallest absolute Gasteiger partial charge is 0.526 e. The molecule has 0 unspecified atom stereocenters. The Morgan fingerprint density at radius 2 is 1.84 bits per heavy atom. The Kier molecular flexibility index (Phi) is 7.47. The molecule has 0 saturated heterocycles. The Hall–Kier alpha value is -3.57. The monoisotopic (exact) mass is 420 g/mol. The average molecular weight is 420 g/mol. The Morgan fingerprint density at radius 1 is 1.10 bits per heavy atom. The van der Waals surface area contributed by atoms with Crippen molar-refractivity contribution in [2.24, 2.45) is 0 Å². The number of fused-ring (bicyclic) bond motifs is 1. The van der Waals surface area contributed by atoms with Crippen LogP contribution >= 0.6 is 0 Å². The zero-order chi connectivity index (χ0) is 22.2. The highest BCUT2D eigenvalue weighted by atomic mass is 16.7. The van der Waals surface area contributed by atoms with E-state index in [0.717, 1.165) is 0 Å². The van der Waals surface area contributed by atoms with Gasteiger partial charge in [-0.3, -0.25) is 4.79 Å². The van der Waals surface area contributed by atoms with Crippen molar-refractivity contribution in [1.82, 2.24) is 0 Å². The van der Waals surface area contributed by atoms with Gasteiger partial charge in [-0.15, -0.1) is 12.3 Å². The molecule has 0 amide bonds. The Balaban J connectivity index is 1.61. The largest absolute Gasteiger partial charge is 0.535 e. The molecule has 0 aromatic heterocycles. The lowest BCUT2D eigenvalue weighted by atomic mass is 9.64. The number of hydrogen-bond acceptors (Lipinski definition) is 7. The third kappa shape index (κ3) is 5.74. The highest BCUT2D eigenvalue weighted by Crippen LogP contribution is 2.36. The summed E-state index contributed by atoms with van der Waals surface area (Å²) in [5.74, 6) is 0.755. The Morgan fingerprint density at radius 3 is 2.58 bits per heavy atom. The Labute approximate surface area is 180 Å². The molecule has 31 heavy (non-hydrogen) atoms. The molecule has 0 bridgehead atoms. The van der Waals surface area contributed by atoms with Gasteiger partial charge in [-0.1, -0.05) is 30.3 Å². The quantitative estimate of drug-likeness (QED) is 0.304. The molecular formula is C23H21BO7. The number of esters is 2. The third-order valence-corrected chi connectivity index (χ3v) is 4.87. The van der Waals surface area contributed by atoms with Crippen LogP contribution in [-0.2, 0) is 20.7 Å². The summed E-state index contributed by atoms with van der Waals surface area (Å²) < 4.78 is 15.5. The zero-order valence-electron chi connectivity index (χ0n) is 16.8. The molecule has 1 aliphatic rings. The predicted octanol–water partition coefficient (Wildman–Crippen LogP) is 2.82. The molecule has 0 radical (unpaired) electrons. The molecule has 0 spiro atoms. The summed E-state index contributed by atoms with van der Waals surface area (Å²) in [7, 11) is -1.24. The van der Waals surface area contributed by atoms with Gasteiger partial charge in [0, 0.05) is 25.1 Å². The maximum absolute atomic E-state index is 12.5. The van der Waals surface area contributed by atoms with Crippen molar-refractivity contribution in [3.8, 4) is 18.1 Å². The number of para-hydroxylation sites is 1. The number of carbonyl (C=O) groups excluding carboxylic acids is 3. The first-order valence-electron chi connectivity index (χ1n) is 9.80. The van der Waals surface area contributed by atoms with Gasteiger partial charge in [0.15, 0.2) is 0 Å². The van der Waals surface area contributed by atoms with Crippen molar-refractivity contribution >= 4 is 24.8 Å². The first kappa shape index (κ1) is 22.1. The molecule has 0 aliphatic carbocycles. The lowest BCUT2D eigenvalue weighted by Gasteiger charge is -2.28. The fraction of sp³-hybridized carbons (Fsp3) is 0.261. The molecule has 7 nitrogen and oxygen atoms in total. The summed E-state index contributed by atoms with van der Waals surface area (Å²) in [6.07, 6.45) is 6.28. The van der Waals surface area contributed by atoms with Crippen molar-refractivity contribution < 1.29 is 33.5 Å². The minimum Gasteiger partial charge on any atom is -0.535 e. The van der Waals surface area contributed by atoms with Crippen LogP contribution in [0.4, 0.5) is 0 Å². The van der Waals surface area contributed by atoms with Gasteiger partial charge >= 0.3 is 19.1 Å². The van der Waals surface area contributed by atoms with Crippen molar-refractivity contribution in [3.63, 3.8) is 0 Å². The van der Waals surface area contributed by atoms with Crippen LogP contribution in [0.2, 0.25) is 5.82 Å². The molecule has 1 atom stereocenters.